The number of aliphatic hydroxyl groups is 1. The van der Waals surface area contributed by atoms with Gasteiger partial charge >= 0.3 is 17.6 Å². The molecule has 1 unspecified atom stereocenters. The maximum absolute atomic E-state index is 14.1. The molecule has 132 valence electrons. The lowest BCUT2D eigenvalue weighted by molar-refractivity contribution is -0.185. The number of hydrogen-bond acceptors (Lipinski definition) is 9. The van der Waals surface area contributed by atoms with Gasteiger partial charge in [0.05, 0.1) is 0 Å². The number of halogens is 1. The van der Waals surface area contributed by atoms with Gasteiger partial charge in [0.25, 0.3) is 6.36 Å². The minimum absolute atomic E-state index is 0.0555. The Morgan fingerprint density at radius 2 is 2.12 bits per heavy atom. The monoisotopic (exact) mass is 345 g/mol. The van der Waals surface area contributed by atoms with Crippen molar-refractivity contribution in [3.63, 3.8) is 0 Å². The first-order chi connectivity index (χ1) is 11.2. The Morgan fingerprint density at radius 3 is 2.67 bits per heavy atom. The van der Waals surface area contributed by atoms with Gasteiger partial charge in [0.2, 0.25) is 0 Å². The van der Waals surface area contributed by atoms with E-state index in [1.54, 1.807) is 0 Å². The molecule has 0 saturated carbocycles. The van der Waals surface area contributed by atoms with E-state index in [1.165, 1.54) is 12.3 Å². The van der Waals surface area contributed by atoms with Crippen molar-refractivity contribution in [2.45, 2.75) is 44.7 Å². The molecule has 1 fully saturated rings. The normalized spacial score (nSPS) is 27.5. The van der Waals surface area contributed by atoms with Gasteiger partial charge in [-0.1, -0.05) is 0 Å². The number of rotatable bonds is 4. The van der Waals surface area contributed by atoms with Crippen molar-refractivity contribution in [3.05, 3.63) is 22.7 Å². The van der Waals surface area contributed by atoms with E-state index in [9.17, 15) is 23.9 Å². The van der Waals surface area contributed by atoms with Crippen molar-refractivity contribution < 1.29 is 33.3 Å². The molecule has 1 aromatic rings. The number of nitrogens with two attached hydrogens (primary N) is 1. The van der Waals surface area contributed by atoms with Crippen molar-refractivity contribution in [2.75, 3.05) is 5.73 Å². The molecule has 5 atom stereocenters. The van der Waals surface area contributed by atoms with Crippen molar-refractivity contribution in [3.8, 4) is 0 Å². The van der Waals surface area contributed by atoms with E-state index in [4.69, 9.17) is 15.2 Å². The molecule has 0 radical (unpaired) electrons. The fourth-order valence-corrected chi connectivity index (χ4v) is 2.29. The number of nitrogen functional groups attached to an aromatic ring is 1. The van der Waals surface area contributed by atoms with E-state index in [2.05, 4.69) is 9.72 Å². The van der Waals surface area contributed by atoms with Gasteiger partial charge < -0.3 is 25.1 Å². The minimum atomic E-state index is -2.32. The van der Waals surface area contributed by atoms with Gasteiger partial charge in [0, 0.05) is 20.0 Å². The highest BCUT2D eigenvalue weighted by Gasteiger charge is 2.52. The van der Waals surface area contributed by atoms with Crippen LogP contribution in [0.1, 0.15) is 20.1 Å². The van der Waals surface area contributed by atoms with Crippen LogP contribution in [0.5, 0.6) is 0 Å². The molecule has 1 aliphatic heterocycles. The molecule has 0 bridgehead atoms. The molecule has 2 rings (SSSR count). The van der Waals surface area contributed by atoms with E-state index in [0.717, 1.165) is 18.4 Å². The Morgan fingerprint density at radius 1 is 1.46 bits per heavy atom. The zero-order valence-corrected chi connectivity index (χ0v) is 12.8. The number of alkyl halides is 1. The molecular formula is C13H16FN3O7. The van der Waals surface area contributed by atoms with E-state index >= 15 is 0 Å². The van der Waals surface area contributed by atoms with Crippen LogP contribution in [-0.4, -0.2) is 51.3 Å². The van der Waals surface area contributed by atoms with E-state index < -0.39 is 48.5 Å². The fraction of sp³-hybridized carbons (Fsp3) is 0.538. The van der Waals surface area contributed by atoms with Gasteiger partial charge in [-0.05, 0) is 6.07 Å². The standard InChI is InChI=1S/C13H16FN3O7/c1-5(18)22-9-8(20)12(17-4-3-7(15)16-13(17)21)24-10(9)11(14)23-6(2)19/h3-4,8-12,20H,1-2H3,(H2,15,16,21)/t8-,9+,10+,11?,12-/m1/s1. The zero-order valence-electron chi connectivity index (χ0n) is 12.8. The largest absolute Gasteiger partial charge is 0.457 e. The van der Waals surface area contributed by atoms with Crippen LogP contribution in [0, 0.1) is 0 Å². The van der Waals surface area contributed by atoms with Crippen molar-refractivity contribution >= 4 is 17.8 Å². The number of hydrogen-bond donors (Lipinski definition) is 2. The number of ether oxygens (including phenoxy) is 3. The third-order valence-electron chi connectivity index (χ3n) is 3.21. The number of aliphatic hydroxyl groups excluding tert-OH is 1. The Labute approximate surface area is 134 Å². The maximum Gasteiger partial charge on any atom is 0.351 e. The molecule has 0 aromatic carbocycles. The van der Waals surface area contributed by atoms with Crippen LogP contribution in [0.25, 0.3) is 0 Å². The van der Waals surface area contributed by atoms with Crippen LogP contribution in [0.2, 0.25) is 0 Å². The molecule has 3 N–H and O–H groups in total. The highest BCUT2D eigenvalue weighted by molar-refractivity contribution is 5.66. The molecule has 11 heteroatoms. The molecule has 0 amide bonds. The van der Waals surface area contributed by atoms with Gasteiger partial charge in [0.1, 0.15) is 11.9 Å². The number of esters is 2. The molecule has 1 aliphatic rings. The lowest BCUT2D eigenvalue weighted by Crippen LogP contribution is -2.42. The van der Waals surface area contributed by atoms with Crippen molar-refractivity contribution in [1.29, 1.82) is 0 Å². The highest BCUT2D eigenvalue weighted by atomic mass is 19.1. The summed E-state index contributed by atoms with van der Waals surface area (Å²) in [4.78, 5) is 37.4. The third kappa shape index (κ3) is 3.68. The lowest BCUT2D eigenvalue weighted by Gasteiger charge is -2.21. The van der Waals surface area contributed by atoms with Gasteiger partial charge in [-0.25, -0.2) is 4.79 Å². The van der Waals surface area contributed by atoms with Crippen molar-refractivity contribution in [2.24, 2.45) is 0 Å². The molecule has 24 heavy (non-hydrogen) atoms. The van der Waals surface area contributed by atoms with Crippen LogP contribution in [0.15, 0.2) is 17.1 Å². The molecule has 1 aromatic heterocycles. The van der Waals surface area contributed by atoms with E-state index in [1.807, 2.05) is 0 Å². The van der Waals surface area contributed by atoms with Crippen molar-refractivity contribution in [1.82, 2.24) is 9.55 Å². The predicted octanol–water partition coefficient (Wildman–Crippen LogP) is -1.13. The molecule has 0 spiro atoms. The van der Waals surface area contributed by atoms with Gasteiger partial charge in [0.15, 0.2) is 18.4 Å². The predicted molar refractivity (Wildman–Crippen MR) is 75.0 cm³/mol. The Hall–Kier alpha value is -2.53. The zero-order chi connectivity index (χ0) is 18.0. The molecule has 0 aliphatic carbocycles. The van der Waals surface area contributed by atoms with Gasteiger partial charge in [-0.15, -0.1) is 0 Å². The van der Waals surface area contributed by atoms with Gasteiger partial charge in [-0.2, -0.15) is 9.37 Å². The summed E-state index contributed by atoms with van der Waals surface area (Å²) in [6, 6.07) is 1.27. The number of aromatic nitrogens is 2. The molecule has 1 saturated heterocycles. The molecule has 10 nitrogen and oxygen atoms in total. The Bertz CT molecular complexity index is 694. The smallest absolute Gasteiger partial charge is 0.351 e. The summed E-state index contributed by atoms with van der Waals surface area (Å²) < 4.78 is 29.4. The average molecular weight is 345 g/mol. The molecular weight excluding hydrogens is 329 g/mol. The highest BCUT2D eigenvalue weighted by Crippen LogP contribution is 2.33. The van der Waals surface area contributed by atoms with Crippen LogP contribution in [0.3, 0.4) is 0 Å². The summed E-state index contributed by atoms with van der Waals surface area (Å²) >= 11 is 0. The van der Waals surface area contributed by atoms with E-state index in [0.29, 0.717) is 0 Å². The third-order valence-corrected chi connectivity index (χ3v) is 3.21. The Kier molecular flexibility index (Phi) is 5.14. The second kappa shape index (κ2) is 6.93. The summed E-state index contributed by atoms with van der Waals surface area (Å²) in [6.07, 6.45) is -7.26. The second-order valence-electron chi connectivity index (χ2n) is 5.06. The summed E-state index contributed by atoms with van der Waals surface area (Å²) in [6.45, 7) is 2.03. The SMILES string of the molecule is CC(=O)OC(F)[C@H]1O[C@@H](n2ccc(N)nc2=O)[C@H](O)[C@@H]1OC(C)=O. The Balaban J connectivity index is 2.33. The van der Waals surface area contributed by atoms with Crippen LogP contribution in [-0.2, 0) is 23.8 Å². The van der Waals surface area contributed by atoms with Crippen LogP contribution < -0.4 is 11.4 Å². The minimum Gasteiger partial charge on any atom is -0.457 e. The van der Waals surface area contributed by atoms with Crippen LogP contribution in [0.4, 0.5) is 10.2 Å². The quantitative estimate of drug-likeness (QED) is 0.648. The second-order valence-corrected chi connectivity index (χ2v) is 5.06. The topological polar surface area (TPSA) is 143 Å². The number of anilines is 1. The average Bonchev–Trinajstić information content (AvgIpc) is 2.75. The van der Waals surface area contributed by atoms with Gasteiger partial charge in [-0.3, -0.25) is 14.2 Å². The lowest BCUT2D eigenvalue weighted by atomic mass is 10.1. The number of carbonyl (C=O) groups excluding carboxylic acids is 2. The fourth-order valence-electron chi connectivity index (χ4n) is 2.29. The summed E-state index contributed by atoms with van der Waals surface area (Å²) in [5.74, 6) is -1.80. The maximum atomic E-state index is 14.1. The first kappa shape index (κ1) is 17.8. The van der Waals surface area contributed by atoms with E-state index in [-0.39, 0.29) is 5.82 Å². The summed E-state index contributed by atoms with van der Waals surface area (Å²) in [5, 5.41) is 10.3. The first-order valence-corrected chi connectivity index (χ1v) is 6.87. The number of carbonyl (C=O) groups is 2. The number of nitrogens with zero attached hydrogens (tertiary/aromatic N) is 2. The molecule has 2 heterocycles. The summed E-state index contributed by atoms with van der Waals surface area (Å²) in [7, 11) is 0. The van der Waals surface area contributed by atoms with Crippen LogP contribution >= 0.6 is 0 Å². The first-order valence-electron chi connectivity index (χ1n) is 6.87. The summed E-state index contributed by atoms with van der Waals surface area (Å²) in [5.41, 5.74) is 4.51.